The molecule has 8 rings (SSSR count). The molecule has 0 aromatic heterocycles. The number of imide groups is 1. The number of aliphatic hydroxyl groups is 1. The highest BCUT2D eigenvalue weighted by Gasteiger charge is 2.67. The molecule has 54 heavy (non-hydrogen) atoms. The maximum atomic E-state index is 14.5. The van der Waals surface area contributed by atoms with Crippen molar-refractivity contribution in [3.63, 3.8) is 0 Å². The molecule has 0 unspecified atom stereocenters. The molecule has 1 saturated carbocycles. The lowest BCUT2D eigenvalue weighted by Gasteiger charge is -2.48. The van der Waals surface area contributed by atoms with Crippen LogP contribution in [0.25, 0.3) is 0 Å². The largest absolute Gasteiger partial charge is 0.508 e. The van der Waals surface area contributed by atoms with Gasteiger partial charge in [0.2, 0.25) is 11.8 Å². The van der Waals surface area contributed by atoms with Crippen LogP contribution in [0.2, 0.25) is 5.04 Å². The number of rotatable bonds is 9. The van der Waals surface area contributed by atoms with Gasteiger partial charge in [-0.05, 0) is 70.7 Å². The van der Waals surface area contributed by atoms with Gasteiger partial charge in [0.25, 0.3) is 8.32 Å². The zero-order chi connectivity index (χ0) is 37.7. The molecule has 2 saturated heterocycles. The highest BCUT2D eigenvalue weighted by atomic mass is 28.4. The molecule has 9 heteroatoms. The molecule has 6 atom stereocenters. The minimum atomic E-state index is -3.04. The number of fused-ring (bicyclic) bond motifs is 3. The first-order valence-electron chi connectivity index (χ1n) is 18.7. The lowest BCUT2D eigenvalue weighted by Crippen LogP contribution is -2.67. The maximum Gasteiger partial charge on any atom is 0.261 e. The van der Waals surface area contributed by atoms with E-state index in [1.807, 2.05) is 84.9 Å². The molecule has 5 aromatic carbocycles. The SMILES string of the molecule is CC(C)(C)[Si](OC[C@H]1C[C@@H]2C(=O)N(c3ccc(Nc4ccccc4)cc3)C(=O)[C@@H]2[C@@H]2C[C@@H](c3ccccc3O)O[C@]12O)(c1ccccc1)c1ccccc1. The van der Waals surface area contributed by atoms with Crippen LogP contribution in [-0.2, 0) is 18.8 Å². The van der Waals surface area contributed by atoms with E-state index in [-0.39, 0.29) is 42.1 Å². The van der Waals surface area contributed by atoms with E-state index in [4.69, 9.17) is 9.16 Å². The Balaban J connectivity index is 1.16. The lowest BCUT2D eigenvalue weighted by atomic mass is 9.64. The summed E-state index contributed by atoms with van der Waals surface area (Å²) < 4.78 is 14.0. The lowest BCUT2D eigenvalue weighted by molar-refractivity contribution is -0.273. The molecule has 0 spiro atoms. The average Bonchev–Trinajstić information content (AvgIpc) is 3.65. The zero-order valence-electron chi connectivity index (χ0n) is 30.8. The van der Waals surface area contributed by atoms with Crippen molar-refractivity contribution in [1.82, 2.24) is 0 Å². The molecule has 8 nitrogen and oxygen atoms in total. The van der Waals surface area contributed by atoms with Crippen LogP contribution >= 0.6 is 0 Å². The van der Waals surface area contributed by atoms with Crippen LogP contribution in [0.15, 0.2) is 140 Å². The number of nitrogens with one attached hydrogen (secondary N) is 1. The van der Waals surface area contributed by atoms with Gasteiger partial charge in [0, 0.05) is 35.4 Å². The van der Waals surface area contributed by atoms with E-state index < -0.39 is 43.9 Å². The molecular formula is C45H46N2O6Si. The quantitative estimate of drug-likeness (QED) is 0.108. The summed E-state index contributed by atoms with van der Waals surface area (Å²) in [5.41, 5.74) is 2.78. The third kappa shape index (κ3) is 6.05. The first-order valence-corrected chi connectivity index (χ1v) is 20.6. The third-order valence-corrected chi connectivity index (χ3v) is 16.8. The smallest absolute Gasteiger partial charge is 0.261 e. The number of aromatic hydroxyl groups is 1. The van der Waals surface area contributed by atoms with Crippen LogP contribution in [0.5, 0.6) is 5.75 Å². The topological polar surface area (TPSA) is 108 Å². The van der Waals surface area contributed by atoms with Crippen molar-refractivity contribution in [3.8, 4) is 5.75 Å². The Morgan fingerprint density at radius 2 is 1.31 bits per heavy atom. The van der Waals surface area contributed by atoms with E-state index in [0.717, 1.165) is 21.7 Å². The average molecular weight is 739 g/mol. The number of nitrogens with zero attached hydrogens (tertiary/aromatic N) is 1. The molecule has 2 aliphatic heterocycles. The van der Waals surface area contributed by atoms with E-state index in [2.05, 4.69) is 50.4 Å². The number of para-hydroxylation sites is 2. The number of hydrogen-bond acceptors (Lipinski definition) is 7. The van der Waals surface area contributed by atoms with Crippen molar-refractivity contribution in [2.75, 3.05) is 16.8 Å². The molecule has 2 amide bonds. The summed E-state index contributed by atoms with van der Waals surface area (Å²) in [6.07, 6.45) is -0.217. The molecule has 3 aliphatic rings. The summed E-state index contributed by atoms with van der Waals surface area (Å²) in [4.78, 5) is 30.3. The summed E-state index contributed by atoms with van der Waals surface area (Å²) >= 11 is 0. The second-order valence-electron chi connectivity index (χ2n) is 15.8. The number of carbonyl (C=O) groups excluding carboxylic acids is 2. The Bertz CT molecular complexity index is 2090. The standard InChI is InChI=1S/C45H46N2O6Si/c1-44(2,3)54(34-17-9-5-10-18-34,35-19-11-6-12-20-35)52-29-30-27-37-41(38-28-40(53-45(30,38)51)36-21-13-14-22-39(36)48)43(50)47(42(37)49)33-25-23-32(24-26-33)46-31-15-7-4-8-16-31/h4-26,30,37-38,40-41,46,48,51H,27-29H2,1-3H3/t30-,37+,38+,40+,41+,45-/m1/s1. The highest BCUT2D eigenvalue weighted by Crippen LogP contribution is 2.59. The van der Waals surface area contributed by atoms with Gasteiger partial charge < -0.3 is 24.7 Å². The number of phenolic OH excluding ortho intramolecular Hbond substituents is 1. The van der Waals surface area contributed by atoms with Gasteiger partial charge in [0.15, 0.2) is 5.79 Å². The van der Waals surface area contributed by atoms with Gasteiger partial charge in [-0.15, -0.1) is 0 Å². The highest BCUT2D eigenvalue weighted by molar-refractivity contribution is 6.99. The fraction of sp³-hybridized carbons (Fsp3) is 0.289. The van der Waals surface area contributed by atoms with Crippen LogP contribution in [-0.4, -0.2) is 42.7 Å². The second-order valence-corrected chi connectivity index (χ2v) is 20.2. The van der Waals surface area contributed by atoms with Crippen LogP contribution in [0, 0.1) is 23.7 Å². The minimum absolute atomic E-state index is 0.0565. The van der Waals surface area contributed by atoms with Gasteiger partial charge in [-0.2, -0.15) is 0 Å². The zero-order valence-corrected chi connectivity index (χ0v) is 31.8. The number of benzene rings is 5. The predicted molar refractivity (Wildman–Crippen MR) is 212 cm³/mol. The maximum absolute atomic E-state index is 14.5. The Morgan fingerprint density at radius 3 is 1.91 bits per heavy atom. The summed E-state index contributed by atoms with van der Waals surface area (Å²) in [5.74, 6) is -5.20. The normalized spacial score (nSPS) is 25.3. The van der Waals surface area contributed by atoms with Crippen molar-refractivity contribution >= 4 is 47.6 Å². The summed E-state index contributed by atoms with van der Waals surface area (Å²) in [6.45, 7) is 6.71. The molecule has 3 N–H and O–H groups in total. The first-order chi connectivity index (χ1) is 26.0. The van der Waals surface area contributed by atoms with E-state index in [0.29, 0.717) is 11.3 Å². The van der Waals surface area contributed by atoms with Gasteiger partial charge in [0.1, 0.15) is 5.75 Å². The van der Waals surface area contributed by atoms with Crippen molar-refractivity contribution in [2.45, 2.75) is 50.5 Å². The number of hydrogen-bond donors (Lipinski definition) is 3. The van der Waals surface area contributed by atoms with Crippen molar-refractivity contribution in [1.29, 1.82) is 0 Å². The van der Waals surface area contributed by atoms with Gasteiger partial charge in [-0.1, -0.05) is 118 Å². The fourth-order valence-electron chi connectivity index (χ4n) is 9.25. The van der Waals surface area contributed by atoms with Gasteiger partial charge in [-0.3, -0.25) is 14.5 Å². The Morgan fingerprint density at radius 1 is 0.759 bits per heavy atom. The molecule has 3 fully saturated rings. The van der Waals surface area contributed by atoms with Gasteiger partial charge in [-0.25, -0.2) is 0 Å². The molecule has 2 heterocycles. The predicted octanol–water partition coefficient (Wildman–Crippen LogP) is 7.30. The fourth-order valence-corrected chi connectivity index (χ4v) is 13.9. The van der Waals surface area contributed by atoms with Crippen LogP contribution < -0.4 is 20.6 Å². The molecule has 1 aliphatic carbocycles. The van der Waals surface area contributed by atoms with E-state index in [1.54, 1.807) is 30.3 Å². The number of amides is 2. The third-order valence-electron chi connectivity index (χ3n) is 11.8. The van der Waals surface area contributed by atoms with Crippen LogP contribution in [0.4, 0.5) is 17.1 Å². The molecule has 276 valence electrons. The summed E-state index contributed by atoms with van der Waals surface area (Å²) in [7, 11) is -3.04. The van der Waals surface area contributed by atoms with Crippen molar-refractivity contribution in [2.24, 2.45) is 23.7 Å². The number of phenols is 1. The minimum Gasteiger partial charge on any atom is -0.508 e. The first kappa shape index (κ1) is 35.9. The van der Waals surface area contributed by atoms with E-state index >= 15 is 0 Å². The molecule has 5 aromatic rings. The monoisotopic (exact) mass is 738 g/mol. The number of carbonyl (C=O) groups is 2. The molecule has 0 radical (unpaired) electrons. The summed E-state index contributed by atoms with van der Waals surface area (Å²) in [5, 5.41) is 29.0. The van der Waals surface area contributed by atoms with Crippen LogP contribution in [0.1, 0.15) is 45.3 Å². The van der Waals surface area contributed by atoms with Gasteiger partial charge in [0.05, 0.1) is 23.6 Å². The second kappa shape index (κ2) is 14.0. The Labute approximate surface area is 317 Å². The van der Waals surface area contributed by atoms with Crippen LogP contribution in [0.3, 0.4) is 0 Å². The van der Waals surface area contributed by atoms with Gasteiger partial charge >= 0.3 is 0 Å². The Hall–Kier alpha value is -5.06. The van der Waals surface area contributed by atoms with Crippen molar-refractivity contribution in [3.05, 3.63) is 145 Å². The molecule has 0 bridgehead atoms. The van der Waals surface area contributed by atoms with E-state index in [1.165, 1.54) is 4.90 Å². The Kier molecular flexibility index (Phi) is 9.30. The number of ether oxygens (including phenoxy) is 1. The van der Waals surface area contributed by atoms with E-state index in [9.17, 15) is 19.8 Å². The van der Waals surface area contributed by atoms with Crippen molar-refractivity contribution < 1.29 is 29.0 Å². The molecular weight excluding hydrogens is 693 g/mol. The number of anilines is 3. The summed E-state index contributed by atoms with van der Waals surface area (Å²) in [6, 6.07) is 44.6.